The van der Waals surface area contributed by atoms with Gasteiger partial charge in [0.25, 0.3) is 5.56 Å². The molecular formula is C44H50ClF2N11O4. The van der Waals surface area contributed by atoms with Crippen molar-refractivity contribution in [1.82, 2.24) is 34.5 Å². The molecule has 0 radical (unpaired) electrons. The lowest BCUT2D eigenvalue weighted by Crippen LogP contribution is -2.53. The average molecular weight is 870 g/mol. The van der Waals surface area contributed by atoms with Gasteiger partial charge in [0.15, 0.2) is 12.4 Å². The van der Waals surface area contributed by atoms with Crippen LogP contribution in [0.15, 0.2) is 47.4 Å². The van der Waals surface area contributed by atoms with E-state index in [1.54, 1.807) is 19.3 Å². The maximum absolute atomic E-state index is 15.2. The van der Waals surface area contributed by atoms with Crippen LogP contribution in [0.25, 0.3) is 21.8 Å². The molecule has 62 heavy (non-hydrogen) atoms. The molecule has 2 amide bonds. The van der Waals surface area contributed by atoms with E-state index in [-0.39, 0.29) is 29.2 Å². The summed E-state index contributed by atoms with van der Waals surface area (Å²) in [6.07, 6.45) is 5.78. The number of amides is 2. The third-order valence-corrected chi connectivity index (χ3v) is 13.8. The lowest BCUT2D eigenvalue weighted by atomic mass is 9.92. The van der Waals surface area contributed by atoms with E-state index in [4.69, 9.17) is 26.4 Å². The van der Waals surface area contributed by atoms with Crippen molar-refractivity contribution in [2.45, 2.75) is 69.4 Å². The number of anilines is 5. The first-order valence-corrected chi connectivity index (χ1v) is 22.0. The molecule has 3 atom stereocenters. The molecule has 3 N–H and O–H groups in total. The van der Waals surface area contributed by atoms with Gasteiger partial charge < -0.3 is 29.7 Å². The molecule has 1 aliphatic carbocycles. The molecular weight excluding hydrogens is 820 g/mol. The minimum Gasteiger partial charge on any atom is -0.480 e. The van der Waals surface area contributed by atoms with Crippen LogP contribution in [0.4, 0.5) is 37.6 Å². The van der Waals surface area contributed by atoms with Gasteiger partial charge in [-0.05, 0) is 87.3 Å². The number of pyridine rings is 1. The number of halogens is 3. The molecule has 3 aromatic heterocycles. The van der Waals surface area contributed by atoms with Crippen LogP contribution in [0, 0.1) is 11.8 Å². The number of fused-ring (bicyclic) bond motifs is 4. The smallest absolute Gasteiger partial charge is 0.301 e. The number of ether oxygens (including phenoxy) is 1. The van der Waals surface area contributed by atoms with Crippen molar-refractivity contribution in [2.24, 2.45) is 25.9 Å². The Morgan fingerprint density at radius 2 is 1.76 bits per heavy atom. The number of nitrogens with zero attached hydrogens (tertiary/aromatic N) is 8. The largest absolute Gasteiger partial charge is 0.480 e. The van der Waals surface area contributed by atoms with Crippen molar-refractivity contribution in [2.75, 3.05) is 66.3 Å². The van der Waals surface area contributed by atoms with Crippen LogP contribution in [0.3, 0.4) is 0 Å². The monoisotopic (exact) mass is 869 g/mol. The van der Waals surface area contributed by atoms with Crippen LogP contribution in [0.1, 0.15) is 57.1 Å². The van der Waals surface area contributed by atoms with Gasteiger partial charge in [-0.1, -0.05) is 11.6 Å². The Morgan fingerprint density at radius 3 is 2.52 bits per heavy atom. The fraction of sp³-hybridized carbons (Fsp3) is 0.500. The van der Waals surface area contributed by atoms with Crippen LogP contribution < -0.4 is 36.0 Å². The van der Waals surface area contributed by atoms with E-state index in [9.17, 15) is 14.4 Å². The molecule has 0 bridgehead atoms. The summed E-state index contributed by atoms with van der Waals surface area (Å²) in [5.74, 6) is -2.83. The Balaban J connectivity index is 0.774. The number of benzene rings is 2. The molecule has 7 heterocycles. The number of nitrogens with one attached hydrogen (secondary N) is 3. The van der Waals surface area contributed by atoms with Crippen molar-refractivity contribution < 1.29 is 23.1 Å². The van der Waals surface area contributed by atoms with Gasteiger partial charge in [-0.2, -0.15) is 10.1 Å². The summed E-state index contributed by atoms with van der Waals surface area (Å²) < 4.78 is 39.1. The highest BCUT2D eigenvalue weighted by molar-refractivity contribution is 6.33. The molecule has 3 saturated heterocycles. The minimum absolute atomic E-state index is 0.106. The lowest BCUT2D eigenvalue weighted by Gasteiger charge is -2.43. The van der Waals surface area contributed by atoms with Gasteiger partial charge >= 0.3 is 5.92 Å². The standard InChI is InChI=1S/C44H50ClF2N11O4/c1-24-21-58(28-7-8-29-34(19-28)55(3)53-36(29)30-9-11-35(59)50-41(30)60)17-16-57(24)22-25-12-14-56(15-13-25)43-48-20-32(45)40(52-43)49-27-6-10-33-31(18-27)37-38(42(61)54(33)2)62-23-44(46,47)39(51-37)26-4-5-26/h6-8,10,18-20,24-26,30,39,51H,4-5,9,11-17,21-23H2,1-3H3,(H,48,49,52)(H,50,59,60)/t24-,30?,39+/m1/s1. The highest BCUT2D eigenvalue weighted by Gasteiger charge is 2.51. The van der Waals surface area contributed by atoms with E-state index in [2.05, 4.69) is 60.8 Å². The van der Waals surface area contributed by atoms with Gasteiger partial charge in [0.1, 0.15) is 5.02 Å². The van der Waals surface area contributed by atoms with Crippen molar-refractivity contribution in [3.05, 3.63) is 63.7 Å². The maximum atomic E-state index is 15.2. The first-order valence-electron chi connectivity index (χ1n) is 21.6. The van der Waals surface area contributed by atoms with E-state index < -0.39 is 30.0 Å². The molecule has 326 valence electrons. The average Bonchev–Trinajstić information content (AvgIpc) is 4.06. The zero-order valence-electron chi connectivity index (χ0n) is 35.0. The molecule has 1 saturated carbocycles. The number of hydrogen-bond donors (Lipinski definition) is 3. The van der Waals surface area contributed by atoms with Crippen LogP contribution in [0.2, 0.25) is 5.02 Å². The van der Waals surface area contributed by atoms with Gasteiger partial charge in [0, 0.05) is 88.0 Å². The normalized spacial score (nSPS) is 23.5. The van der Waals surface area contributed by atoms with Crippen LogP contribution in [-0.4, -0.2) is 105 Å². The van der Waals surface area contributed by atoms with Crippen molar-refractivity contribution >= 4 is 74.0 Å². The summed E-state index contributed by atoms with van der Waals surface area (Å²) >= 11 is 6.64. The molecule has 2 aromatic carbocycles. The second-order valence-electron chi connectivity index (χ2n) is 17.7. The molecule has 18 heteroatoms. The Hall–Kier alpha value is -5.55. The van der Waals surface area contributed by atoms with E-state index >= 15 is 8.78 Å². The third-order valence-electron chi connectivity index (χ3n) is 13.6. The van der Waals surface area contributed by atoms with Gasteiger partial charge in [-0.25, -0.2) is 13.8 Å². The fourth-order valence-corrected chi connectivity index (χ4v) is 9.99. The summed E-state index contributed by atoms with van der Waals surface area (Å²) in [4.78, 5) is 54.3. The Labute approximate surface area is 361 Å². The summed E-state index contributed by atoms with van der Waals surface area (Å²) in [6, 6.07) is 11.0. The molecule has 5 aromatic rings. The van der Waals surface area contributed by atoms with Crippen LogP contribution in [0.5, 0.6) is 5.75 Å². The number of carbonyl (C=O) groups excluding carboxylic acids is 2. The number of carbonyl (C=O) groups is 2. The van der Waals surface area contributed by atoms with Crippen LogP contribution >= 0.6 is 11.6 Å². The number of aryl methyl sites for hydroxylation is 2. The molecule has 4 fully saturated rings. The minimum atomic E-state index is -3.13. The second kappa shape index (κ2) is 15.7. The summed E-state index contributed by atoms with van der Waals surface area (Å²) in [6.45, 7) is 6.82. The molecule has 10 rings (SSSR count). The van der Waals surface area contributed by atoms with E-state index in [1.807, 2.05) is 23.9 Å². The summed E-state index contributed by atoms with van der Waals surface area (Å²) in [5, 5.41) is 15.4. The predicted octanol–water partition coefficient (Wildman–Crippen LogP) is 5.78. The fourth-order valence-electron chi connectivity index (χ4n) is 9.85. The van der Waals surface area contributed by atoms with Crippen molar-refractivity contribution in [3.63, 3.8) is 0 Å². The quantitative estimate of drug-likeness (QED) is 0.162. The SMILES string of the molecule is C[C@@H]1CN(c2ccc3c(C4CCC(=O)NC4=O)nn(C)c3c2)CCN1CC1CCN(c2ncc(Cl)c(Nc3ccc4c(c3)c3c(c(=O)n4C)OCC(F)(F)[C@H](C4CC4)N3)n2)CC1. The predicted molar refractivity (Wildman–Crippen MR) is 234 cm³/mol. The van der Waals surface area contributed by atoms with Crippen molar-refractivity contribution in [3.8, 4) is 5.75 Å². The van der Waals surface area contributed by atoms with Crippen LogP contribution in [-0.2, 0) is 23.7 Å². The number of hydrogen-bond acceptors (Lipinski definition) is 12. The highest BCUT2D eigenvalue weighted by atomic mass is 35.5. The van der Waals surface area contributed by atoms with Gasteiger partial charge in [0.2, 0.25) is 23.5 Å². The highest BCUT2D eigenvalue weighted by Crippen LogP contribution is 2.46. The summed E-state index contributed by atoms with van der Waals surface area (Å²) in [5.41, 5.74) is 3.83. The molecule has 0 spiro atoms. The van der Waals surface area contributed by atoms with E-state index in [0.717, 1.165) is 74.4 Å². The molecule has 15 nitrogen and oxygen atoms in total. The lowest BCUT2D eigenvalue weighted by molar-refractivity contribution is -0.134. The van der Waals surface area contributed by atoms with E-state index in [0.29, 0.717) is 71.0 Å². The van der Waals surface area contributed by atoms with Gasteiger partial charge in [-0.3, -0.25) is 29.3 Å². The topological polar surface area (TPSA) is 155 Å². The first-order chi connectivity index (χ1) is 29.8. The zero-order chi connectivity index (χ0) is 43.0. The molecule has 4 aliphatic heterocycles. The zero-order valence-corrected chi connectivity index (χ0v) is 35.7. The number of aromatic nitrogens is 5. The van der Waals surface area contributed by atoms with E-state index in [1.165, 1.54) is 4.57 Å². The molecule has 1 unspecified atom stereocenters. The first kappa shape index (κ1) is 40.5. The molecule has 5 aliphatic rings. The number of rotatable bonds is 8. The Bertz CT molecular complexity index is 2660. The Kier molecular flexibility index (Phi) is 10.2. The summed E-state index contributed by atoms with van der Waals surface area (Å²) in [7, 11) is 3.51. The second-order valence-corrected chi connectivity index (χ2v) is 18.1. The number of alkyl halides is 2. The number of imide groups is 1. The van der Waals surface area contributed by atoms with Crippen molar-refractivity contribution in [1.29, 1.82) is 0 Å². The van der Waals surface area contributed by atoms with Gasteiger partial charge in [0.05, 0.1) is 40.6 Å². The maximum Gasteiger partial charge on any atom is 0.301 e. The van der Waals surface area contributed by atoms with Gasteiger partial charge in [-0.15, -0.1) is 0 Å². The Morgan fingerprint density at radius 1 is 0.952 bits per heavy atom. The number of piperazine rings is 1. The third kappa shape index (κ3) is 7.46. The number of piperidine rings is 2.